The van der Waals surface area contributed by atoms with Gasteiger partial charge in [0.05, 0.1) is 6.54 Å². The topological polar surface area (TPSA) is 55.6 Å². The maximum absolute atomic E-state index is 10.6. The number of cyclic esters (lactones) is 1. The Balaban J connectivity index is 2.44. The number of amides is 1. The Morgan fingerprint density at radius 3 is 2.89 bits per heavy atom. The fourth-order valence-electron chi connectivity index (χ4n) is 0.772. The van der Waals surface area contributed by atoms with Crippen LogP contribution in [0.15, 0.2) is 0 Å². The first-order valence-electron chi connectivity index (χ1n) is 2.86. The number of hydrogen-bond donors (Lipinski definition) is 1. The normalized spacial score (nSPS) is 26.7. The molecule has 1 saturated heterocycles. The number of nitrogens with zero attached hydrogens (tertiary/aromatic N) is 1. The van der Waals surface area contributed by atoms with Gasteiger partial charge in [-0.15, -0.1) is 0 Å². The minimum absolute atomic E-state index is 0.0949. The van der Waals surface area contributed by atoms with E-state index in [1.165, 1.54) is 4.90 Å². The molecule has 1 fully saturated rings. The molecule has 1 amide bonds. The molecule has 9 heavy (non-hydrogen) atoms. The molecule has 2 N–H and O–H groups in total. The summed E-state index contributed by atoms with van der Waals surface area (Å²) in [5, 5.41) is 0. The van der Waals surface area contributed by atoms with Crippen molar-refractivity contribution in [3.8, 4) is 0 Å². The smallest absolute Gasteiger partial charge is 0.410 e. The van der Waals surface area contributed by atoms with E-state index < -0.39 is 0 Å². The zero-order valence-corrected chi connectivity index (χ0v) is 5.33. The third-order valence-electron chi connectivity index (χ3n) is 1.32. The monoisotopic (exact) mass is 130 g/mol. The molecule has 0 bridgehead atoms. The summed E-state index contributed by atoms with van der Waals surface area (Å²) in [7, 11) is 1.69. The van der Waals surface area contributed by atoms with Gasteiger partial charge in [0, 0.05) is 13.6 Å². The lowest BCUT2D eigenvalue weighted by Crippen LogP contribution is -2.24. The van der Waals surface area contributed by atoms with E-state index in [2.05, 4.69) is 0 Å². The Bertz CT molecular complexity index is 126. The maximum Gasteiger partial charge on any atom is 0.410 e. The number of ether oxygens (including phenoxy) is 1. The molecule has 0 radical (unpaired) electrons. The quantitative estimate of drug-likeness (QED) is 0.515. The molecule has 4 nitrogen and oxygen atoms in total. The number of hydrogen-bond acceptors (Lipinski definition) is 3. The van der Waals surface area contributed by atoms with Crippen molar-refractivity contribution >= 4 is 6.09 Å². The van der Waals surface area contributed by atoms with E-state index in [9.17, 15) is 4.79 Å². The Kier molecular flexibility index (Phi) is 1.57. The SMILES string of the molecule is CN1CC(CN)OC1=O. The van der Waals surface area contributed by atoms with E-state index >= 15 is 0 Å². The molecule has 0 aliphatic carbocycles. The molecular weight excluding hydrogens is 120 g/mol. The molecule has 0 saturated carbocycles. The van der Waals surface area contributed by atoms with Crippen LogP contribution in [0.5, 0.6) is 0 Å². The highest BCUT2D eigenvalue weighted by Crippen LogP contribution is 2.06. The summed E-state index contributed by atoms with van der Waals surface area (Å²) in [5.41, 5.74) is 5.25. The standard InChI is InChI=1S/C5H10N2O2/c1-7-3-4(2-6)9-5(7)8/h4H,2-3,6H2,1H3. The predicted molar refractivity (Wildman–Crippen MR) is 32.0 cm³/mol. The number of rotatable bonds is 1. The molecule has 1 aliphatic rings. The van der Waals surface area contributed by atoms with Gasteiger partial charge in [-0.3, -0.25) is 0 Å². The van der Waals surface area contributed by atoms with Crippen LogP contribution in [0.25, 0.3) is 0 Å². The minimum atomic E-state index is -0.273. The van der Waals surface area contributed by atoms with Gasteiger partial charge in [0.15, 0.2) is 0 Å². The average Bonchev–Trinajstić information content (AvgIpc) is 2.13. The number of likely N-dealkylation sites (N-methyl/N-ethyl adjacent to an activating group) is 1. The molecule has 1 heterocycles. The van der Waals surface area contributed by atoms with Crippen LogP contribution in [-0.4, -0.2) is 37.2 Å². The summed E-state index contributed by atoms with van der Waals surface area (Å²) in [6.45, 7) is 1.03. The van der Waals surface area contributed by atoms with Crippen LogP contribution in [0.3, 0.4) is 0 Å². The maximum atomic E-state index is 10.6. The van der Waals surface area contributed by atoms with Crippen LogP contribution in [0.4, 0.5) is 4.79 Å². The number of carbonyl (C=O) groups is 1. The molecule has 0 spiro atoms. The summed E-state index contributed by atoms with van der Waals surface area (Å²) in [4.78, 5) is 12.1. The second kappa shape index (κ2) is 2.23. The highest BCUT2D eigenvalue weighted by Gasteiger charge is 2.26. The summed E-state index contributed by atoms with van der Waals surface area (Å²) >= 11 is 0. The Labute approximate surface area is 53.6 Å². The van der Waals surface area contributed by atoms with Crippen LogP contribution >= 0.6 is 0 Å². The zero-order chi connectivity index (χ0) is 6.85. The molecule has 0 aromatic heterocycles. The van der Waals surface area contributed by atoms with Gasteiger partial charge < -0.3 is 15.4 Å². The van der Waals surface area contributed by atoms with Crippen molar-refractivity contribution in [1.82, 2.24) is 4.90 Å². The summed E-state index contributed by atoms with van der Waals surface area (Å²) in [6.07, 6.45) is -0.368. The Morgan fingerprint density at radius 1 is 2.00 bits per heavy atom. The van der Waals surface area contributed by atoms with E-state index in [0.29, 0.717) is 13.1 Å². The number of nitrogens with two attached hydrogens (primary N) is 1. The van der Waals surface area contributed by atoms with Crippen LogP contribution in [0.2, 0.25) is 0 Å². The van der Waals surface area contributed by atoms with Crippen LogP contribution < -0.4 is 5.73 Å². The van der Waals surface area contributed by atoms with Crippen LogP contribution in [0, 0.1) is 0 Å². The van der Waals surface area contributed by atoms with Crippen LogP contribution in [-0.2, 0) is 4.74 Å². The fraction of sp³-hybridized carbons (Fsp3) is 0.800. The minimum Gasteiger partial charge on any atom is -0.443 e. The zero-order valence-electron chi connectivity index (χ0n) is 5.33. The molecule has 1 unspecified atom stereocenters. The number of carbonyl (C=O) groups excluding carboxylic acids is 1. The van der Waals surface area contributed by atoms with Gasteiger partial charge in [0.1, 0.15) is 6.10 Å². The highest BCUT2D eigenvalue weighted by atomic mass is 16.6. The molecule has 1 aliphatic heterocycles. The van der Waals surface area contributed by atoms with Crippen molar-refractivity contribution in [2.75, 3.05) is 20.1 Å². The van der Waals surface area contributed by atoms with Crippen molar-refractivity contribution in [1.29, 1.82) is 0 Å². The first kappa shape index (κ1) is 6.35. The van der Waals surface area contributed by atoms with Gasteiger partial charge >= 0.3 is 6.09 Å². The van der Waals surface area contributed by atoms with E-state index in [4.69, 9.17) is 10.5 Å². The van der Waals surface area contributed by atoms with Crippen molar-refractivity contribution < 1.29 is 9.53 Å². The molecule has 1 rings (SSSR count). The largest absolute Gasteiger partial charge is 0.443 e. The predicted octanol–water partition coefficient (Wildman–Crippen LogP) is -0.604. The van der Waals surface area contributed by atoms with E-state index in [1.807, 2.05) is 0 Å². The van der Waals surface area contributed by atoms with Gasteiger partial charge in [-0.2, -0.15) is 0 Å². The summed E-state index contributed by atoms with van der Waals surface area (Å²) in [6, 6.07) is 0. The third-order valence-corrected chi connectivity index (χ3v) is 1.32. The van der Waals surface area contributed by atoms with Crippen molar-refractivity contribution in [2.24, 2.45) is 5.73 Å². The average molecular weight is 130 g/mol. The van der Waals surface area contributed by atoms with Crippen molar-refractivity contribution in [2.45, 2.75) is 6.10 Å². The summed E-state index contributed by atoms with van der Waals surface area (Å²) < 4.78 is 4.78. The Morgan fingerprint density at radius 2 is 2.67 bits per heavy atom. The van der Waals surface area contributed by atoms with E-state index in [0.717, 1.165) is 0 Å². The summed E-state index contributed by atoms with van der Waals surface area (Å²) in [5.74, 6) is 0. The molecular formula is C5H10N2O2. The second-order valence-electron chi connectivity index (χ2n) is 2.12. The third kappa shape index (κ3) is 1.13. The van der Waals surface area contributed by atoms with Gasteiger partial charge in [-0.05, 0) is 0 Å². The lowest BCUT2D eigenvalue weighted by atomic mass is 10.4. The van der Waals surface area contributed by atoms with E-state index in [-0.39, 0.29) is 12.2 Å². The molecule has 52 valence electrons. The molecule has 4 heteroatoms. The van der Waals surface area contributed by atoms with Gasteiger partial charge in [-0.25, -0.2) is 4.79 Å². The van der Waals surface area contributed by atoms with Crippen LogP contribution in [0.1, 0.15) is 0 Å². The Hall–Kier alpha value is -0.770. The van der Waals surface area contributed by atoms with Crippen molar-refractivity contribution in [3.05, 3.63) is 0 Å². The van der Waals surface area contributed by atoms with Gasteiger partial charge in [0.2, 0.25) is 0 Å². The molecule has 0 aromatic rings. The van der Waals surface area contributed by atoms with Crippen molar-refractivity contribution in [3.63, 3.8) is 0 Å². The fourth-order valence-corrected chi connectivity index (χ4v) is 0.772. The first-order chi connectivity index (χ1) is 4.24. The molecule has 0 aromatic carbocycles. The first-order valence-corrected chi connectivity index (χ1v) is 2.86. The second-order valence-corrected chi connectivity index (χ2v) is 2.12. The lowest BCUT2D eigenvalue weighted by Gasteiger charge is -2.01. The highest BCUT2D eigenvalue weighted by molar-refractivity contribution is 5.69. The van der Waals surface area contributed by atoms with E-state index in [1.54, 1.807) is 7.05 Å². The lowest BCUT2D eigenvalue weighted by molar-refractivity contribution is 0.137. The van der Waals surface area contributed by atoms with Gasteiger partial charge in [0.25, 0.3) is 0 Å². The van der Waals surface area contributed by atoms with Gasteiger partial charge in [-0.1, -0.05) is 0 Å². The molecule has 1 atom stereocenters.